The van der Waals surface area contributed by atoms with Crippen molar-refractivity contribution in [1.29, 1.82) is 0 Å². The van der Waals surface area contributed by atoms with E-state index in [1.165, 1.54) is 0 Å². The monoisotopic (exact) mass is 347 g/mol. The Labute approximate surface area is 133 Å². The van der Waals surface area contributed by atoms with Gasteiger partial charge in [0, 0.05) is 22.9 Å². The molecule has 0 aliphatic heterocycles. The van der Waals surface area contributed by atoms with Crippen LogP contribution < -0.4 is 10.6 Å². The number of nitrogens with one attached hydrogen (secondary N) is 2. The Balaban J connectivity index is 2.18. The number of carbonyl (C=O) groups excluding carboxylic acids is 1. The average Bonchev–Trinajstić information content (AvgIpc) is 2.49. The number of nitrogens with zero attached hydrogens (tertiary/aromatic N) is 1. The predicted molar refractivity (Wildman–Crippen MR) is 89.8 cm³/mol. The molecule has 1 aromatic heterocycles. The molecule has 0 unspecified atom stereocenters. The number of aryl methyl sites for hydroxylation is 1. The molecule has 2 rings (SSSR count). The first-order chi connectivity index (χ1) is 10.1. The van der Waals surface area contributed by atoms with Gasteiger partial charge in [-0.05, 0) is 53.0 Å². The van der Waals surface area contributed by atoms with E-state index in [0.717, 1.165) is 28.7 Å². The normalized spacial score (nSPS) is 10.2. The van der Waals surface area contributed by atoms with Crippen LogP contribution >= 0.6 is 15.9 Å². The van der Waals surface area contributed by atoms with Crippen molar-refractivity contribution in [2.75, 3.05) is 17.2 Å². The number of hydrogen-bond acceptors (Lipinski definition) is 3. The van der Waals surface area contributed by atoms with Gasteiger partial charge >= 0.3 is 0 Å². The second-order valence-electron chi connectivity index (χ2n) is 4.75. The average molecular weight is 348 g/mol. The van der Waals surface area contributed by atoms with Crippen LogP contribution in [0, 0.1) is 6.92 Å². The minimum atomic E-state index is -0.163. The zero-order chi connectivity index (χ0) is 15.2. The highest BCUT2D eigenvalue weighted by atomic mass is 79.9. The Bertz CT molecular complexity index is 643. The fourth-order valence-corrected chi connectivity index (χ4v) is 2.10. The smallest absolute Gasteiger partial charge is 0.258 e. The summed E-state index contributed by atoms with van der Waals surface area (Å²) in [5.41, 5.74) is 2.48. The minimum Gasteiger partial charge on any atom is -0.384 e. The fourth-order valence-electron chi connectivity index (χ4n) is 1.89. The summed E-state index contributed by atoms with van der Waals surface area (Å²) in [5.74, 6) is 0.384. The highest BCUT2D eigenvalue weighted by Gasteiger charge is 2.11. The lowest BCUT2D eigenvalue weighted by Crippen LogP contribution is -2.16. The number of aromatic nitrogens is 1. The van der Waals surface area contributed by atoms with E-state index in [9.17, 15) is 4.79 Å². The quantitative estimate of drug-likeness (QED) is 0.850. The van der Waals surface area contributed by atoms with Gasteiger partial charge in [-0.3, -0.25) is 4.79 Å². The topological polar surface area (TPSA) is 54.0 Å². The van der Waals surface area contributed by atoms with E-state index in [0.29, 0.717) is 11.4 Å². The van der Waals surface area contributed by atoms with Crippen molar-refractivity contribution >= 4 is 33.3 Å². The molecule has 1 amide bonds. The van der Waals surface area contributed by atoms with Crippen LogP contribution in [0.5, 0.6) is 0 Å². The van der Waals surface area contributed by atoms with Crippen molar-refractivity contribution in [3.8, 4) is 0 Å². The van der Waals surface area contributed by atoms with Crippen molar-refractivity contribution < 1.29 is 4.79 Å². The lowest BCUT2D eigenvalue weighted by atomic mass is 10.1. The van der Waals surface area contributed by atoms with E-state index in [1.807, 2.05) is 31.2 Å². The molecule has 0 radical (unpaired) electrons. The number of carbonyl (C=O) groups is 1. The highest BCUT2D eigenvalue weighted by Crippen LogP contribution is 2.20. The van der Waals surface area contributed by atoms with Gasteiger partial charge < -0.3 is 10.6 Å². The van der Waals surface area contributed by atoms with Crippen LogP contribution in [0.25, 0.3) is 0 Å². The number of para-hydroxylation sites is 1. The third-order valence-corrected chi connectivity index (χ3v) is 3.86. The molecule has 0 atom stereocenters. The van der Waals surface area contributed by atoms with Crippen molar-refractivity contribution in [2.24, 2.45) is 0 Å². The Morgan fingerprint density at radius 3 is 2.81 bits per heavy atom. The van der Waals surface area contributed by atoms with Crippen LogP contribution in [0.3, 0.4) is 0 Å². The van der Waals surface area contributed by atoms with Crippen molar-refractivity contribution in [1.82, 2.24) is 4.98 Å². The maximum Gasteiger partial charge on any atom is 0.258 e. The van der Waals surface area contributed by atoms with Gasteiger partial charge in [-0.1, -0.05) is 19.1 Å². The Morgan fingerprint density at radius 2 is 2.10 bits per heavy atom. The molecule has 0 saturated heterocycles. The molecular formula is C16H18BrN3O. The second-order valence-corrected chi connectivity index (χ2v) is 5.60. The maximum absolute atomic E-state index is 12.4. The van der Waals surface area contributed by atoms with Crippen LogP contribution in [0.1, 0.15) is 29.3 Å². The number of pyridine rings is 1. The summed E-state index contributed by atoms with van der Waals surface area (Å²) in [6.45, 7) is 4.88. The molecule has 0 fully saturated rings. The number of anilines is 2. The molecule has 2 N–H and O–H groups in total. The minimum absolute atomic E-state index is 0.163. The first-order valence-corrected chi connectivity index (χ1v) is 7.67. The van der Waals surface area contributed by atoms with Crippen LogP contribution in [0.2, 0.25) is 0 Å². The Kier molecular flexibility index (Phi) is 5.33. The molecule has 0 spiro atoms. The first kappa shape index (κ1) is 15.5. The summed E-state index contributed by atoms with van der Waals surface area (Å²) in [6, 6.07) is 9.32. The zero-order valence-corrected chi connectivity index (χ0v) is 13.7. The first-order valence-electron chi connectivity index (χ1n) is 6.88. The van der Waals surface area contributed by atoms with Gasteiger partial charge in [0.25, 0.3) is 5.91 Å². The van der Waals surface area contributed by atoms with E-state index in [-0.39, 0.29) is 5.91 Å². The van der Waals surface area contributed by atoms with Crippen molar-refractivity contribution in [2.45, 2.75) is 20.3 Å². The lowest BCUT2D eigenvalue weighted by Gasteiger charge is -2.11. The SMILES string of the molecule is CCCNc1ccccc1C(=O)Nc1cc(C)c(Br)cn1. The molecule has 0 saturated carbocycles. The van der Waals surface area contributed by atoms with Gasteiger partial charge in [-0.2, -0.15) is 0 Å². The lowest BCUT2D eigenvalue weighted by molar-refractivity contribution is 0.102. The molecule has 0 aliphatic carbocycles. The number of amides is 1. The van der Waals surface area contributed by atoms with Crippen molar-refractivity contribution in [3.05, 3.63) is 52.1 Å². The van der Waals surface area contributed by atoms with Gasteiger partial charge in [0.05, 0.1) is 5.56 Å². The number of hydrogen-bond donors (Lipinski definition) is 2. The molecule has 1 aromatic carbocycles. The van der Waals surface area contributed by atoms with Gasteiger partial charge in [0.15, 0.2) is 0 Å². The summed E-state index contributed by atoms with van der Waals surface area (Å²) in [4.78, 5) is 16.6. The van der Waals surface area contributed by atoms with E-state index < -0.39 is 0 Å². The van der Waals surface area contributed by atoms with Crippen molar-refractivity contribution in [3.63, 3.8) is 0 Å². The van der Waals surface area contributed by atoms with Crippen LogP contribution in [-0.2, 0) is 0 Å². The molecule has 5 heteroatoms. The molecule has 21 heavy (non-hydrogen) atoms. The zero-order valence-electron chi connectivity index (χ0n) is 12.1. The van der Waals surface area contributed by atoms with Gasteiger partial charge in [-0.25, -0.2) is 4.98 Å². The molecule has 0 aliphatic rings. The molecule has 2 aromatic rings. The predicted octanol–water partition coefficient (Wildman–Crippen LogP) is 4.23. The van der Waals surface area contributed by atoms with E-state index >= 15 is 0 Å². The van der Waals surface area contributed by atoms with Gasteiger partial charge in [0.2, 0.25) is 0 Å². The number of benzene rings is 1. The molecular weight excluding hydrogens is 330 g/mol. The van der Waals surface area contributed by atoms with E-state index in [1.54, 1.807) is 12.3 Å². The number of rotatable bonds is 5. The second kappa shape index (κ2) is 7.22. The van der Waals surface area contributed by atoms with Gasteiger partial charge in [-0.15, -0.1) is 0 Å². The van der Waals surface area contributed by atoms with Gasteiger partial charge in [0.1, 0.15) is 5.82 Å². The van der Waals surface area contributed by atoms with Crippen LogP contribution in [0.4, 0.5) is 11.5 Å². The molecule has 110 valence electrons. The summed E-state index contributed by atoms with van der Waals surface area (Å²) >= 11 is 3.40. The third-order valence-electron chi connectivity index (χ3n) is 3.03. The largest absolute Gasteiger partial charge is 0.384 e. The van der Waals surface area contributed by atoms with E-state index in [4.69, 9.17) is 0 Å². The fraction of sp³-hybridized carbons (Fsp3) is 0.250. The summed E-state index contributed by atoms with van der Waals surface area (Å²) in [6.07, 6.45) is 2.69. The third kappa shape index (κ3) is 4.04. The number of halogens is 1. The van der Waals surface area contributed by atoms with Crippen LogP contribution in [0.15, 0.2) is 41.0 Å². The summed E-state index contributed by atoms with van der Waals surface area (Å²) in [7, 11) is 0. The maximum atomic E-state index is 12.4. The Morgan fingerprint density at radius 1 is 1.33 bits per heavy atom. The molecule has 0 bridgehead atoms. The van der Waals surface area contributed by atoms with E-state index in [2.05, 4.69) is 38.5 Å². The molecule has 4 nitrogen and oxygen atoms in total. The summed E-state index contributed by atoms with van der Waals surface area (Å²) in [5, 5.41) is 6.09. The standard InChI is InChI=1S/C16H18BrN3O/c1-3-8-18-14-7-5-4-6-12(14)16(21)20-15-9-11(2)13(17)10-19-15/h4-7,9-10,18H,3,8H2,1-2H3,(H,19,20,21). The summed E-state index contributed by atoms with van der Waals surface area (Å²) < 4.78 is 0.922. The molecule has 1 heterocycles. The Hall–Kier alpha value is -1.88. The highest BCUT2D eigenvalue weighted by molar-refractivity contribution is 9.10. The van der Waals surface area contributed by atoms with Crippen LogP contribution in [-0.4, -0.2) is 17.4 Å².